The van der Waals surface area contributed by atoms with Crippen molar-refractivity contribution in [1.82, 2.24) is 9.88 Å². The van der Waals surface area contributed by atoms with E-state index in [-0.39, 0.29) is 5.82 Å². The quantitative estimate of drug-likeness (QED) is 0.855. The van der Waals surface area contributed by atoms with Gasteiger partial charge in [0.25, 0.3) is 0 Å². The highest BCUT2D eigenvalue weighted by Crippen LogP contribution is 2.26. The van der Waals surface area contributed by atoms with Crippen molar-refractivity contribution in [2.45, 2.75) is 19.4 Å². The van der Waals surface area contributed by atoms with E-state index in [1.807, 2.05) is 6.07 Å². The third-order valence-electron chi connectivity index (χ3n) is 4.16. The first-order valence-corrected chi connectivity index (χ1v) is 8.39. The summed E-state index contributed by atoms with van der Waals surface area (Å²) in [5.41, 5.74) is 3.93. The Labute approximate surface area is 144 Å². The first kappa shape index (κ1) is 16.0. The molecule has 1 saturated heterocycles. The minimum absolute atomic E-state index is 0.331. The molecule has 120 valence electrons. The SMILES string of the molecule is C=C(c1cncc(F)c1)N1CCC(Nc2ccc(Br)cc2C)C1. The fourth-order valence-corrected chi connectivity index (χ4v) is 3.36. The molecule has 1 atom stereocenters. The molecule has 1 aliphatic heterocycles. The van der Waals surface area contributed by atoms with Crippen molar-refractivity contribution in [2.75, 3.05) is 18.4 Å². The van der Waals surface area contributed by atoms with E-state index < -0.39 is 0 Å². The molecule has 1 aromatic carbocycles. The number of nitrogens with zero attached hydrogens (tertiary/aromatic N) is 2. The van der Waals surface area contributed by atoms with Crippen LogP contribution in [0.25, 0.3) is 5.70 Å². The zero-order chi connectivity index (χ0) is 16.4. The minimum atomic E-state index is -0.331. The van der Waals surface area contributed by atoms with Crippen LogP contribution in [0.4, 0.5) is 10.1 Å². The molecule has 1 fully saturated rings. The lowest BCUT2D eigenvalue weighted by Gasteiger charge is -2.22. The topological polar surface area (TPSA) is 28.2 Å². The van der Waals surface area contributed by atoms with E-state index in [0.29, 0.717) is 6.04 Å². The Morgan fingerprint density at radius 1 is 1.39 bits per heavy atom. The van der Waals surface area contributed by atoms with Crippen LogP contribution in [0, 0.1) is 12.7 Å². The molecule has 1 aromatic heterocycles. The van der Waals surface area contributed by atoms with E-state index in [2.05, 4.69) is 56.8 Å². The molecule has 1 unspecified atom stereocenters. The highest BCUT2D eigenvalue weighted by molar-refractivity contribution is 9.10. The lowest BCUT2D eigenvalue weighted by atomic mass is 10.1. The maximum Gasteiger partial charge on any atom is 0.142 e. The number of benzene rings is 1. The van der Waals surface area contributed by atoms with Crippen LogP contribution in [0.2, 0.25) is 0 Å². The van der Waals surface area contributed by atoms with Crippen molar-refractivity contribution in [3.63, 3.8) is 0 Å². The molecule has 2 heterocycles. The maximum absolute atomic E-state index is 13.3. The highest BCUT2D eigenvalue weighted by atomic mass is 79.9. The van der Waals surface area contributed by atoms with Crippen molar-refractivity contribution in [2.24, 2.45) is 0 Å². The number of likely N-dealkylation sites (tertiary alicyclic amines) is 1. The number of hydrogen-bond donors (Lipinski definition) is 1. The van der Waals surface area contributed by atoms with Crippen LogP contribution in [0.1, 0.15) is 17.5 Å². The van der Waals surface area contributed by atoms with Gasteiger partial charge in [0.15, 0.2) is 0 Å². The smallest absolute Gasteiger partial charge is 0.142 e. The maximum atomic E-state index is 13.3. The largest absolute Gasteiger partial charge is 0.380 e. The van der Waals surface area contributed by atoms with Gasteiger partial charge in [-0.15, -0.1) is 0 Å². The third kappa shape index (κ3) is 3.72. The fourth-order valence-electron chi connectivity index (χ4n) is 2.88. The molecule has 0 saturated carbocycles. The Morgan fingerprint density at radius 3 is 2.96 bits per heavy atom. The van der Waals surface area contributed by atoms with Gasteiger partial charge in [-0.2, -0.15) is 0 Å². The molecule has 23 heavy (non-hydrogen) atoms. The van der Waals surface area contributed by atoms with Gasteiger partial charge in [0.2, 0.25) is 0 Å². The lowest BCUT2D eigenvalue weighted by molar-refractivity contribution is 0.488. The predicted octanol–water partition coefficient (Wildman–Crippen LogP) is 4.45. The van der Waals surface area contributed by atoms with E-state index in [1.54, 1.807) is 6.20 Å². The molecule has 0 aliphatic carbocycles. The Morgan fingerprint density at radius 2 is 2.22 bits per heavy atom. The van der Waals surface area contributed by atoms with E-state index in [9.17, 15) is 4.39 Å². The zero-order valence-corrected chi connectivity index (χ0v) is 14.6. The minimum Gasteiger partial charge on any atom is -0.380 e. The molecule has 0 spiro atoms. The second-order valence-corrected chi connectivity index (χ2v) is 6.79. The van der Waals surface area contributed by atoms with Gasteiger partial charge in [-0.1, -0.05) is 22.5 Å². The summed E-state index contributed by atoms with van der Waals surface area (Å²) in [5, 5.41) is 3.59. The number of anilines is 1. The van der Waals surface area contributed by atoms with Crippen LogP contribution in [-0.2, 0) is 0 Å². The van der Waals surface area contributed by atoms with Gasteiger partial charge in [-0.05, 0) is 43.2 Å². The Balaban J connectivity index is 1.65. The molecule has 0 bridgehead atoms. The normalized spacial score (nSPS) is 17.3. The highest BCUT2D eigenvalue weighted by Gasteiger charge is 2.24. The van der Waals surface area contributed by atoms with Crippen molar-refractivity contribution < 1.29 is 4.39 Å². The van der Waals surface area contributed by atoms with Gasteiger partial charge in [-0.3, -0.25) is 4.98 Å². The van der Waals surface area contributed by atoms with Gasteiger partial charge >= 0.3 is 0 Å². The summed E-state index contributed by atoms with van der Waals surface area (Å²) in [7, 11) is 0. The van der Waals surface area contributed by atoms with Gasteiger partial charge < -0.3 is 10.2 Å². The van der Waals surface area contributed by atoms with Crippen LogP contribution in [-0.4, -0.2) is 29.0 Å². The molecule has 1 aliphatic rings. The van der Waals surface area contributed by atoms with Gasteiger partial charge in [0, 0.05) is 46.7 Å². The zero-order valence-electron chi connectivity index (χ0n) is 13.0. The number of nitrogens with one attached hydrogen (secondary N) is 1. The van der Waals surface area contributed by atoms with Crippen molar-refractivity contribution >= 4 is 27.3 Å². The first-order valence-electron chi connectivity index (χ1n) is 7.60. The number of pyridine rings is 1. The molecule has 1 N–H and O–H groups in total. The third-order valence-corrected chi connectivity index (χ3v) is 4.65. The average molecular weight is 376 g/mol. The molecule has 3 nitrogen and oxygen atoms in total. The molecular formula is C18H19BrFN3. The summed E-state index contributed by atoms with van der Waals surface area (Å²) >= 11 is 3.49. The second-order valence-electron chi connectivity index (χ2n) is 5.87. The summed E-state index contributed by atoms with van der Waals surface area (Å²) in [6.07, 6.45) is 3.89. The van der Waals surface area contributed by atoms with E-state index in [0.717, 1.165) is 40.9 Å². The Bertz CT molecular complexity index is 732. The van der Waals surface area contributed by atoms with Crippen LogP contribution in [0.15, 0.2) is 47.7 Å². The second kappa shape index (κ2) is 6.71. The average Bonchev–Trinajstić information content (AvgIpc) is 2.98. The predicted molar refractivity (Wildman–Crippen MR) is 95.7 cm³/mol. The lowest BCUT2D eigenvalue weighted by Crippen LogP contribution is -2.25. The molecule has 0 radical (unpaired) electrons. The van der Waals surface area contributed by atoms with E-state index in [1.165, 1.54) is 17.8 Å². The summed E-state index contributed by atoms with van der Waals surface area (Å²) in [6, 6.07) is 8.07. The fraction of sp³-hybridized carbons (Fsp3) is 0.278. The van der Waals surface area contributed by atoms with Crippen LogP contribution in [0.5, 0.6) is 0 Å². The summed E-state index contributed by atoms with van der Waals surface area (Å²) in [5.74, 6) is -0.331. The number of halogens is 2. The number of aryl methyl sites for hydroxylation is 1. The molecular weight excluding hydrogens is 357 g/mol. The summed E-state index contributed by atoms with van der Waals surface area (Å²) in [4.78, 5) is 6.08. The van der Waals surface area contributed by atoms with Crippen LogP contribution < -0.4 is 5.32 Å². The van der Waals surface area contributed by atoms with Gasteiger partial charge in [-0.25, -0.2) is 4.39 Å². The van der Waals surface area contributed by atoms with E-state index >= 15 is 0 Å². The van der Waals surface area contributed by atoms with Crippen molar-refractivity contribution in [3.05, 3.63) is 64.7 Å². The first-order chi connectivity index (χ1) is 11.0. The Kier molecular flexibility index (Phi) is 4.66. The number of aromatic nitrogens is 1. The Hall–Kier alpha value is -1.88. The number of hydrogen-bond acceptors (Lipinski definition) is 3. The van der Waals surface area contributed by atoms with Crippen LogP contribution >= 0.6 is 15.9 Å². The van der Waals surface area contributed by atoms with Gasteiger partial charge in [0.05, 0.1) is 6.20 Å². The standard InChI is InChI=1S/C18H19BrFN3/c1-12-7-15(19)3-4-18(12)22-17-5-6-23(11-17)13(2)14-8-16(20)10-21-9-14/h3-4,7-10,17,22H,2,5-6,11H2,1H3. The van der Waals surface area contributed by atoms with Gasteiger partial charge in [0.1, 0.15) is 5.82 Å². The molecule has 3 rings (SSSR count). The molecule has 5 heteroatoms. The van der Waals surface area contributed by atoms with Crippen LogP contribution in [0.3, 0.4) is 0 Å². The summed E-state index contributed by atoms with van der Waals surface area (Å²) in [6.45, 7) is 7.96. The summed E-state index contributed by atoms with van der Waals surface area (Å²) < 4.78 is 14.4. The monoisotopic (exact) mass is 375 g/mol. The molecule has 2 aromatic rings. The van der Waals surface area contributed by atoms with E-state index in [4.69, 9.17) is 0 Å². The van der Waals surface area contributed by atoms with Crippen molar-refractivity contribution in [3.8, 4) is 0 Å². The van der Waals surface area contributed by atoms with Crippen molar-refractivity contribution in [1.29, 1.82) is 0 Å². The number of rotatable bonds is 4. The molecule has 0 amide bonds.